The maximum absolute atomic E-state index is 6.24. The molecule has 1 aliphatic heterocycles. The minimum absolute atomic E-state index is 0.184. The maximum atomic E-state index is 6.24. The Labute approximate surface area is 127 Å². The van der Waals surface area contributed by atoms with Gasteiger partial charge in [-0.05, 0) is 18.6 Å². The van der Waals surface area contributed by atoms with Crippen LogP contribution in [-0.4, -0.2) is 24.7 Å². The molecule has 1 unspecified atom stereocenters. The SMILES string of the molecule is CCC1CN(C)c2cc(Cl)cc(-c3csc(N)n3)c2O1. The Morgan fingerprint density at radius 2 is 2.35 bits per heavy atom. The first-order valence-electron chi connectivity index (χ1n) is 6.51. The molecule has 3 rings (SSSR count). The number of likely N-dealkylation sites (N-methyl/N-ethyl adjacent to an activating group) is 1. The van der Waals surface area contributed by atoms with Gasteiger partial charge in [-0.15, -0.1) is 11.3 Å². The number of thiazole rings is 1. The molecule has 1 aromatic carbocycles. The van der Waals surface area contributed by atoms with Gasteiger partial charge in [0.15, 0.2) is 10.9 Å². The summed E-state index contributed by atoms with van der Waals surface area (Å²) in [6.07, 6.45) is 1.15. The van der Waals surface area contributed by atoms with Gasteiger partial charge in [-0.1, -0.05) is 18.5 Å². The number of nitrogens with two attached hydrogens (primary N) is 1. The van der Waals surface area contributed by atoms with Crippen LogP contribution in [0.15, 0.2) is 17.5 Å². The molecule has 0 spiro atoms. The molecule has 0 bridgehead atoms. The van der Waals surface area contributed by atoms with Crippen molar-refractivity contribution >= 4 is 33.8 Å². The summed E-state index contributed by atoms with van der Waals surface area (Å²) in [6, 6.07) is 3.82. The van der Waals surface area contributed by atoms with Crippen molar-refractivity contribution in [3.05, 3.63) is 22.5 Å². The molecule has 0 radical (unpaired) electrons. The number of hydrogen-bond acceptors (Lipinski definition) is 5. The quantitative estimate of drug-likeness (QED) is 0.920. The lowest BCUT2D eigenvalue weighted by molar-refractivity contribution is 0.193. The fourth-order valence-electron chi connectivity index (χ4n) is 2.41. The van der Waals surface area contributed by atoms with Crippen molar-refractivity contribution in [3.63, 3.8) is 0 Å². The highest BCUT2D eigenvalue weighted by Gasteiger charge is 2.26. The number of nitrogens with zero attached hydrogens (tertiary/aromatic N) is 2. The fraction of sp³-hybridized carbons (Fsp3) is 0.357. The first-order chi connectivity index (χ1) is 9.58. The second-order valence-electron chi connectivity index (χ2n) is 4.90. The van der Waals surface area contributed by atoms with Crippen LogP contribution in [0.2, 0.25) is 5.02 Å². The first kappa shape index (κ1) is 13.5. The number of benzene rings is 1. The Morgan fingerprint density at radius 1 is 1.55 bits per heavy atom. The fourth-order valence-corrected chi connectivity index (χ4v) is 3.18. The lowest BCUT2D eigenvalue weighted by Gasteiger charge is -2.34. The van der Waals surface area contributed by atoms with E-state index in [4.69, 9.17) is 22.1 Å². The molecule has 0 amide bonds. The van der Waals surface area contributed by atoms with Crippen molar-refractivity contribution in [2.24, 2.45) is 0 Å². The van der Waals surface area contributed by atoms with E-state index in [1.165, 1.54) is 11.3 Å². The van der Waals surface area contributed by atoms with E-state index in [0.717, 1.165) is 35.7 Å². The van der Waals surface area contributed by atoms with Gasteiger partial charge in [-0.3, -0.25) is 0 Å². The second kappa shape index (κ2) is 5.14. The Kier molecular flexibility index (Phi) is 3.48. The van der Waals surface area contributed by atoms with Crippen molar-refractivity contribution in [2.75, 3.05) is 24.2 Å². The van der Waals surface area contributed by atoms with Gasteiger partial charge in [-0.25, -0.2) is 4.98 Å². The predicted molar refractivity (Wildman–Crippen MR) is 84.9 cm³/mol. The van der Waals surface area contributed by atoms with Crippen molar-refractivity contribution in [3.8, 4) is 17.0 Å². The molecule has 1 aliphatic rings. The normalized spacial score (nSPS) is 17.8. The molecular formula is C14H16ClN3OS. The Morgan fingerprint density at radius 3 is 3.00 bits per heavy atom. The number of hydrogen-bond donors (Lipinski definition) is 1. The predicted octanol–water partition coefficient (Wildman–Crippen LogP) is 3.65. The van der Waals surface area contributed by atoms with Gasteiger partial charge < -0.3 is 15.4 Å². The molecule has 20 heavy (non-hydrogen) atoms. The van der Waals surface area contributed by atoms with E-state index in [-0.39, 0.29) is 6.10 Å². The van der Waals surface area contributed by atoms with Crippen LogP contribution in [0.25, 0.3) is 11.3 Å². The minimum Gasteiger partial charge on any atom is -0.486 e. The zero-order valence-electron chi connectivity index (χ0n) is 11.4. The van der Waals surface area contributed by atoms with Crippen LogP contribution < -0.4 is 15.4 Å². The summed E-state index contributed by atoms with van der Waals surface area (Å²) in [5.74, 6) is 0.848. The Hall–Kier alpha value is -1.46. The topological polar surface area (TPSA) is 51.4 Å². The van der Waals surface area contributed by atoms with E-state index in [1.54, 1.807) is 0 Å². The van der Waals surface area contributed by atoms with Gasteiger partial charge in [0.05, 0.1) is 17.9 Å². The van der Waals surface area contributed by atoms with Crippen molar-refractivity contribution in [1.82, 2.24) is 4.98 Å². The highest BCUT2D eigenvalue weighted by Crippen LogP contribution is 2.44. The van der Waals surface area contributed by atoms with Gasteiger partial charge in [0.2, 0.25) is 0 Å². The molecule has 0 aliphatic carbocycles. The molecule has 1 aromatic heterocycles. The van der Waals surface area contributed by atoms with E-state index >= 15 is 0 Å². The lowest BCUT2D eigenvalue weighted by atomic mass is 10.1. The molecule has 0 saturated heterocycles. The largest absolute Gasteiger partial charge is 0.486 e. The first-order valence-corrected chi connectivity index (χ1v) is 7.77. The third-order valence-corrected chi connectivity index (χ3v) is 4.35. The molecular weight excluding hydrogens is 294 g/mol. The molecule has 2 aromatic rings. The third kappa shape index (κ3) is 2.31. The van der Waals surface area contributed by atoms with E-state index in [2.05, 4.69) is 23.9 Å². The van der Waals surface area contributed by atoms with Gasteiger partial charge in [0.1, 0.15) is 6.10 Å². The minimum atomic E-state index is 0.184. The van der Waals surface area contributed by atoms with E-state index in [0.29, 0.717) is 10.2 Å². The smallest absolute Gasteiger partial charge is 0.180 e. The van der Waals surface area contributed by atoms with Crippen molar-refractivity contribution in [2.45, 2.75) is 19.4 Å². The molecule has 1 atom stereocenters. The monoisotopic (exact) mass is 309 g/mol. The van der Waals surface area contributed by atoms with Gasteiger partial charge in [0.25, 0.3) is 0 Å². The number of fused-ring (bicyclic) bond motifs is 1. The van der Waals surface area contributed by atoms with E-state index < -0.39 is 0 Å². The van der Waals surface area contributed by atoms with Crippen LogP contribution in [0.3, 0.4) is 0 Å². The lowest BCUT2D eigenvalue weighted by Crippen LogP contribution is -2.37. The van der Waals surface area contributed by atoms with Crippen LogP contribution >= 0.6 is 22.9 Å². The number of halogens is 1. The molecule has 0 fully saturated rings. The summed E-state index contributed by atoms with van der Waals surface area (Å²) >= 11 is 7.65. The highest BCUT2D eigenvalue weighted by molar-refractivity contribution is 7.13. The maximum Gasteiger partial charge on any atom is 0.180 e. The third-order valence-electron chi connectivity index (χ3n) is 3.46. The van der Waals surface area contributed by atoms with Crippen molar-refractivity contribution in [1.29, 1.82) is 0 Å². The van der Waals surface area contributed by atoms with Crippen LogP contribution in [0.1, 0.15) is 13.3 Å². The number of nitrogen functional groups attached to an aromatic ring is 1. The van der Waals surface area contributed by atoms with Gasteiger partial charge in [-0.2, -0.15) is 0 Å². The summed E-state index contributed by atoms with van der Waals surface area (Å²) in [5.41, 5.74) is 8.46. The molecule has 2 heterocycles. The molecule has 6 heteroatoms. The summed E-state index contributed by atoms with van der Waals surface area (Å²) in [7, 11) is 2.06. The summed E-state index contributed by atoms with van der Waals surface area (Å²) < 4.78 is 6.12. The highest BCUT2D eigenvalue weighted by atomic mass is 35.5. The summed E-state index contributed by atoms with van der Waals surface area (Å²) in [6.45, 7) is 2.99. The molecule has 106 valence electrons. The van der Waals surface area contributed by atoms with Crippen LogP contribution in [-0.2, 0) is 0 Å². The van der Waals surface area contributed by atoms with Crippen LogP contribution in [0.4, 0.5) is 10.8 Å². The molecule has 2 N–H and O–H groups in total. The standard InChI is InChI=1S/C14H16ClN3OS/c1-3-9-6-18(2)12-5-8(15)4-10(13(12)19-9)11-7-20-14(16)17-11/h4-5,7,9H,3,6H2,1-2H3,(H2,16,17). The molecule has 0 saturated carbocycles. The van der Waals surface area contributed by atoms with Gasteiger partial charge in [0, 0.05) is 23.0 Å². The zero-order valence-corrected chi connectivity index (χ0v) is 13.0. The number of anilines is 2. The number of ether oxygens (including phenoxy) is 1. The molecule has 4 nitrogen and oxygen atoms in total. The number of aromatic nitrogens is 1. The zero-order chi connectivity index (χ0) is 14.3. The van der Waals surface area contributed by atoms with Crippen LogP contribution in [0, 0.1) is 0 Å². The Bertz CT molecular complexity index is 643. The summed E-state index contributed by atoms with van der Waals surface area (Å²) in [4.78, 5) is 6.52. The number of rotatable bonds is 2. The Balaban J connectivity index is 2.15. The average molecular weight is 310 g/mol. The second-order valence-corrected chi connectivity index (χ2v) is 6.23. The average Bonchev–Trinajstić information content (AvgIpc) is 2.85. The van der Waals surface area contributed by atoms with Crippen LogP contribution in [0.5, 0.6) is 5.75 Å². The van der Waals surface area contributed by atoms with Crippen molar-refractivity contribution < 1.29 is 4.74 Å². The summed E-state index contributed by atoms with van der Waals surface area (Å²) in [5, 5.41) is 3.15. The van der Waals surface area contributed by atoms with E-state index in [1.807, 2.05) is 17.5 Å². The van der Waals surface area contributed by atoms with Gasteiger partial charge >= 0.3 is 0 Å². The van der Waals surface area contributed by atoms with E-state index in [9.17, 15) is 0 Å².